The van der Waals surface area contributed by atoms with E-state index in [1.165, 1.54) is 38.2 Å². The van der Waals surface area contributed by atoms with Crippen LogP contribution in [0.3, 0.4) is 0 Å². The van der Waals surface area contributed by atoms with Crippen LogP contribution >= 0.6 is 0 Å². The lowest BCUT2D eigenvalue weighted by Gasteiger charge is -2.12. The molecule has 1 aromatic rings. The number of methoxy groups -OCH3 is 1. The van der Waals surface area contributed by atoms with Crippen molar-refractivity contribution in [3.63, 3.8) is 0 Å². The first kappa shape index (κ1) is 13.8. The van der Waals surface area contributed by atoms with Gasteiger partial charge in [0.15, 0.2) is 11.6 Å². The molecule has 0 radical (unpaired) electrons. The molecule has 104 valence electrons. The summed E-state index contributed by atoms with van der Waals surface area (Å²) in [5, 5.41) is 5.94. The van der Waals surface area contributed by atoms with Gasteiger partial charge in [0.2, 0.25) is 5.91 Å². The molecule has 1 amide bonds. The van der Waals surface area contributed by atoms with E-state index in [0.717, 1.165) is 12.8 Å². The minimum atomic E-state index is -0.440. The van der Waals surface area contributed by atoms with Crippen LogP contribution in [0.2, 0.25) is 0 Å². The highest BCUT2D eigenvalue weighted by Gasteiger charge is 2.15. The standard InChI is InChI=1S/C14H19FN2O2/c1-19-13-8-11(6-7-12(13)15)17-14(18)9-16-10-4-2-3-5-10/h6-8,10,16H,2-5,9H2,1H3,(H,17,18). The highest BCUT2D eigenvalue weighted by atomic mass is 19.1. The van der Waals surface area contributed by atoms with Crippen LogP contribution in [0.15, 0.2) is 18.2 Å². The average Bonchev–Trinajstić information content (AvgIpc) is 2.92. The number of nitrogens with one attached hydrogen (secondary N) is 2. The zero-order chi connectivity index (χ0) is 13.7. The Hall–Kier alpha value is -1.62. The van der Waals surface area contributed by atoms with Crippen LogP contribution in [0.25, 0.3) is 0 Å². The molecule has 0 aromatic heterocycles. The zero-order valence-electron chi connectivity index (χ0n) is 11.0. The first-order chi connectivity index (χ1) is 9.19. The lowest BCUT2D eigenvalue weighted by Crippen LogP contribution is -2.34. The van der Waals surface area contributed by atoms with Gasteiger partial charge in [-0.1, -0.05) is 12.8 Å². The number of benzene rings is 1. The van der Waals surface area contributed by atoms with Gasteiger partial charge in [-0.2, -0.15) is 0 Å². The van der Waals surface area contributed by atoms with E-state index in [1.807, 2.05) is 0 Å². The second-order valence-corrected chi connectivity index (χ2v) is 4.76. The van der Waals surface area contributed by atoms with Crippen molar-refractivity contribution in [3.8, 4) is 5.75 Å². The van der Waals surface area contributed by atoms with Gasteiger partial charge in [-0.15, -0.1) is 0 Å². The first-order valence-electron chi connectivity index (χ1n) is 6.56. The van der Waals surface area contributed by atoms with Crippen molar-refractivity contribution in [3.05, 3.63) is 24.0 Å². The van der Waals surface area contributed by atoms with Crippen molar-refractivity contribution < 1.29 is 13.9 Å². The number of halogens is 1. The van der Waals surface area contributed by atoms with Crippen molar-refractivity contribution in [2.24, 2.45) is 0 Å². The molecule has 0 aliphatic heterocycles. The number of amides is 1. The molecule has 4 nitrogen and oxygen atoms in total. The SMILES string of the molecule is COc1cc(NC(=O)CNC2CCCC2)ccc1F. The maximum absolute atomic E-state index is 13.2. The maximum atomic E-state index is 13.2. The molecule has 2 N–H and O–H groups in total. The van der Waals surface area contributed by atoms with Crippen LogP contribution in [-0.2, 0) is 4.79 Å². The van der Waals surface area contributed by atoms with Gasteiger partial charge in [-0.25, -0.2) is 4.39 Å². The molecule has 1 aromatic carbocycles. The number of hydrogen-bond acceptors (Lipinski definition) is 3. The number of carbonyl (C=O) groups is 1. The second kappa shape index (κ2) is 6.52. The van der Waals surface area contributed by atoms with E-state index in [4.69, 9.17) is 4.74 Å². The zero-order valence-corrected chi connectivity index (χ0v) is 11.0. The maximum Gasteiger partial charge on any atom is 0.238 e. The lowest BCUT2D eigenvalue weighted by molar-refractivity contribution is -0.115. The minimum absolute atomic E-state index is 0.124. The van der Waals surface area contributed by atoms with E-state index in [2.05, 4.69) is 10.6 Å². The minimum Gasteiger partial charge on any atom is -0.494 e. The predicted octanol–water partition coefficient (Wildman–Crippen LogP) is 2.30. The van der Waals surface area contributed by atoms with Gasteiger partial charge in [0.25, 0.3) is 0 Å². The molecule has 1 aliphatic carbocycles. The summed E-state index contributed by atoms with van der Waals surface area (Å²) < 4.78 is 18.1. The quantitative estimate of drug-likeness (QED) is 0.860. The molecular weight excluding hydrogens is 247 g/mol. The fourth-order valence-corrected chi connectivity index (χ4v) is 2.31. The van der Waals surface area contributed by atoms with E-state index in [1.54, 1.807) is 0 Å². The highest BCUT2D eigenvalue weighted by Crippen LogP contribution is 2.21. The Kier molecular flexibility index (Phi) is 4.74. The molecule has 0 bridgehead atoms. The third kappa shape index (κ3) is 3.92. The Labute approximate surface area is 112 Å². The number of rotatable bonds is 5. The Morgan fingerprint density at radius 1 is 1.42 bits per heavy atom. The molecule has 2 rings (SSSR count). The molecule has 0 unspecified atom stereocenters. The van der Waals surface area contributed by atoms with Gasteiger partial charge in [0.1, 0.15) is 0 Å². The molecule has 1 fully saturated rings. The molecule has 0 saturated heterocycles. The van der Waals surface area contributed by atoms with Gasteiger partial charge >= 0.3 is 0 Å². The third-order valence-corrected chi connectivity index (χ3v) is 3.34. The smallest absolute Gasteiger partial charge is 0.238 e. The number of hydrogen-bond donors (Lipinski definition) is 2. The summed E-state index contributed by atoms with van der Waals surface area (Å²) in [4.78, 5) is 11.7. The Bertz CT molecular complexity index is 445. The highest BCUT2D eigenvalue weighted by molar-refractivity contribution is 5.92. The fraction of sp³-hybridized carbons (Fsp3) is 0.500. The molecular formula is C14H19FN2O2. The Balaban J connectivity index is 1.84. The summed E-state index contributed by atoms with van der Waals surface area (Å²) in [5.74, 6) is -0.438. The monoisotopic (exact) mass is 266 g/mol. The van der Waals surface area contributed by atoms with Crippen LogP contribution in [0.1, 0.15) is 25.7 Å². The summed E-state index contributed by atoms with van der Waals surface area (Å²) >= 11 is 0. The summed E-state index contributed by atoms with van der Waals surface area (Å²) in [6, 6.07) is 4.72. The Morgan fingerprint density at radius 3 is 2.84 bits per heavy atom. The van der Waals surface area contributed by atoms with Gasteiger partial charge in [-0.05, 0) is 25.0 Å². The normalized spacial score (nSPS) is 15.5. The first-order valence-corrected chi connectivity index (χ1v) is 6.56. The fourth-order valence-electron chi connectivity index (χ4n) is 2.31. The second-order valence-electron chi connectivity index (χ2n) is 4.76. The van der Waals surface area contributed by atoms with Gasteiger partial charge < -0.3 is 15.4 Å². The molecule has 0 atom stereocenters. The van der Waals surface area contributed by atoms with Gasteiger partial charge in [-0.3, -0.25) is 4.79 Å². The van der Waals surface area contributed by atoms with Crippen LogP contribution in [0.4, 0.5) is 10.1 Å². The summed E-state index contributed by atoms with van der Waals surface area (Å²) in [6.07, 6.45) is 4.73. The number of ether oxygens (including phenoxy) is 1. The summed E-state index contributed by atoms with van der Waals surface area (Å²) in [5.41, 5.74) is 0.538. The molecule has 1 saturated carbocycles. The molecule has 5 heteroatoms. The van der Waals surface area contributed by atoms with E-state index in [0.29, 0.717) is 11.7 Å². The van der Waals surface area contributed by atoms with E-state index in [-0.39, 0.29) is 18.2 Å². The predicted molar refractivity (Wildman–Crippen MR) is 71.8 cm³/mol. The molecule has 0 heterocycles. The van der Waals surface area contributed by atoms with Crippen molar-refractivity contribution in [1.29, 1.82) is 0 Å². The van der Waals surface area contributed by atoms with Crippen LogP contribution < -0.4 is 15.4 Å². The van der Waals surface area contributed by atoms with Crippen molar-refractivity contribution in [2.75, 3.05) is 19.0 Å². The Morgan fingerprint density at radius 2 is 2.16 bits per heavy atom. The van der Waals surface area contributed by atoms with Gasteiger partial charge in [0.05, 0.1) is 13.7 Å². The molecule has 0 spiro atoms. The largest absolute Gasteiger partial charge is 0.494 e. The van der Waals surface area contributed by atoms with Crippen LogP contribution in [-0.4, -0.2) is 25.6 Å². The van der Waals surface area contributed by atoms with Crippen molar-refractivity contribution in [1.82, 2.24) is 5.32 Å². The number of carbonyl (C=O) groups excluding carboxylic acids is 1. The third-order valence-electron chi connectivity index (χ3n) is 3.34. The summed E-state index contributed by atoms with van der Waals surface area (Å²) in [7, 11) is 1.39. The summed E-state index contributed by atoms with van der Waals surface area (Å²) in [6.45, 7) is 0.282. The van der Waals surface area contributed by atoms with E-state index >= 15 is 0 Å². The number of anilines is 1. The van der Waals surface area contributed by atoms with Crippen LogP contribution in [0, 0.1) is 5.82 Å². The average molecular weight is 266 g/mol. The topological polar surface area (TPSA) is 50.4 Å². The van der Waals surface area contributed by atoms with Gasteiger partial charge in [0, 0.05) is 17.8 Å². The van der Waals surface area contributed by atoms with E-state index < -0.39 is 5.82 Å². The van der Waals surface area contributed by atoms with Crippen molar-refractivity contribution in [2.45, 2.75) is 31.7 Å². The lowest BCUT2D eigenvalue weighted by atomic mass is 10.2. The van der Waals surface area contributed by atoms with Crippen molar-refractivity contribution >= 4 is 11.6 Å². The molecule has 19 heavy (non-hydrogen) atoms. The molecule has 1 aliphatic rings. The van der Waals surface area contributed by atoms with E-state index in [9.17, 15) is 9.18 Å². The van der Waals surface area contributed by atoms with Crippen LogP contribution in [0.5, 0.6) is 5.75 Å².